The summed E-state index contributed by atoms with van der Waals surface area (Å²) in [6.45, 7) is 7.45. The molecule has 0 saturated heterocycles. The summed E-state index contributed by atoms with van der Waals surface area (Å²) >= 11 is 0. The Kier molecular flexibility index (Phi) is 3.38. The highest BCUT2D eigenvalue weighted by Gasteiger charge is 2.21. The molecule has 20 heavy (non-hydrogen) atoms. The number of hydrogen-bond donors (Lipinski definition) is 2. The van der Waals surface area contributed by atoms with E-state index in [1.807, 2.05) is 0 Å². The average Bonchev–Trinajstić information content (AvgIpc) is 3.19. The normalized spacial score (nSPS) is 15.6. The Morgan fingerprint density at radius 2 is 1.95 bits per heavy atom. The molecule has 3 heteroatoms. The lowest BCUT2D eigenvalue weighted by atomic mass is 10.1. The lowest BCUT2D eigenvalue weighted by Gasteiger charge is -2.21. The van der Waals surface area contributed by atoms with Crippen molar-refractivity contribution >= 4 is 16.7 Å². The molecule has 0 radical (unpaired) electrons. The van der Waals surface area contributed by atoms with Crippen molar-refractivity contribution in [2.24, 2.45) is 0 Å². The molecule has 0 bridgehead atoms. The lowest BCUT2D eigenvalue weighted by molar-refractivity contribution is 0.425. The summed E-state index contributed by atoms with van der Waals surface area (Å²) in [6, 6.07) is 11.2. The van der Waals surface area contributed by atoms with Crippen LogP contribution < -0.4 is 10.6 Å². The highest BCUT2D eigenvalue weighted by Crippen LogP contribution is 2.27. The second kappa shape index (κ2) is 5.06. The van der Waals surface area contributed by atoms with Crippen molar-refractivity contribution in [3.8, 4) is 0 Å². The summed E-state index contributed by atoms with van der Waals surface area (Å²) in [6.07, 6.45) is 2.54. The summed E-state index contributed by atoms with van der Waals surface area (Å²) in [5.41, 5.74) is 2.51. The molecule has 1 aliphatic rings. The van der Waals surface area contributed by atoms with E-state index in [-0.39, 0.29) is 5.54 Å². The van der Waals surface area contributed by atoms with Crippen LogP contribution in [0.1, 0.15) is 39.2 Å². The summed E-state index contributed by atoms with van der Waals surface area (Å²) < 4.78 is 0. The highest BCUT2D eigenvalue weighted by molar-refractivity contribution is 5.84. The zero-order valence-electron chi connectivity index (χ0n) is 12.5. The topological polar surface area (TPSA) is 37.0 Å². The third-order valence-corrected chi connectivity index (χ3v) is 3.54. The lowest BCUT2D eigenvalue weighted by Crippen LogP contribution is -2.35. The van der Waals surface area contributed by atoms with Crippen LogP contribution in [0.25, 0.3) is 10.9 Å². The van der Waals surface area contributed by atoms with Crippen LogP contribution in [0, 0.1) is 0 Å². The van der Waals surface area contributed by atoms with Gasteiger partial charge in [-0.2, -0.15) is 0 Å². The molecule has 1 fully saturated rings. The van der Waals surface area contributed by atoms with E-state index in [0.29, 0.717) is 6.04 Å². The Morgan fingerprint density at radius 1 is 1.20 bits per heavy atom. The van der Waals surface area contributed by atoms with Crippen LogP contribution in [0.3, 0.4) is 0 Å². The minimum Gasteiger partial charge on any atom is -0.367 e. The van der Waals surface area contributed by atoms with Gasteiger partial charge < -0.3 is 10.6 Å². The first-order valence-electron chi connectivity index (χ1n) is 7.41. The summed E-state index contributed by atoms with van der Waals surface area (Å²) in [4.78, 5) is 4.72. The molecule has 106 valence electrons. The monoisotopic (exact) mass is 269 g/mol. The van der Waals surface area contributed by atoms with Gasteiger partial charge in [-0.25, -0.2) is 4.98 Å². The van der Waals surface area contributed by atoms with E-state index in [0.717, 1.165) is 17.9 Å². The first-order valence-corrected chi connectivity index (χ1v) is 7.41. The van der Waals surface area contributed by atoms with Gasteiger partial charge in [0.15, 0.2) is 0 Å². The first-order chi connectivity index (χ1) is 9.51. The molecular formula is C17H23N3. The fourth-order valence-corrected chi connectivity index (χ4v) is 2.26. The predicted molar refractivity (Wildman–Crippen MR) is 85.0 cm³/mol. The van der Waals surface area contributed by atoms with Crippen LogP contribution in [0.5, 0.6) is 0 Å². The zero-order valence-corrected chi connectivity index (χ0v) is 12.5. The molecule has 1 saturated carbocycles. The average molecular weight is 269 g/mol. The number of fused-ring (bicyclic) bond motifs is 1. The standard InChI is InChI=1S/C17H23N3/c1-17(2,3)18-11-12-10-16(19-13-8-9-13)20-15-7-5-4-6-14(12)15/h4-7,10,13,18H,8-9,11H2,1-3H3,(H,19,20). The van der Waals surface area contributed by atoms with E-state index >= 15 is 0 Å². The second-order valence-corrected chi connectivity index (χ2v) is 6.71. The summed E-state index contributed by atoms with van der Waals surface area (Å²) in [5, 5.41) is 8.32. The number of para-hydroxylation sites is 1. The molecule has 0 spiro atoms. The van der Waals surface area contributed by atoms with Crippen molar-refractivity contribution in [1.29, 1.82) is 0 Å². The number of hydrogen-bond acceptors (Lipinski definition) is 3. The van der Waals surface area contributed by atoms with Gasteiger partial charge >= 0.3 is 0 Å². The third-order valence-electron chi connectivity index (χ3n) is 3.54. The molecule has 0 atom stereocenters. The third kappa shape index (κ3) is 3.28. The SMILES string of the molecule is CC(C)(C)NCc1cc(NC2CC2)nc2ccccc12. The number of nitrogens with zero attached hydrogens (tertiary/aromatic N) is 1. The zero-order chi connectivity index (χ0) is 14.2. The minimum absolute atomic E-state index is 0.120. The number of aromatic nitrogens is 1. The Labute approximate surface area is 120 Å². The van der Waals surface area contributed by atoms with Crippen LogP contribution in [0.2, 0.25) is 0 Å². The molecule has 3 nitrogen and oxygen atoms in total. The maximum atomic E-state index is 4.72. The van der Waals surface area contributed by atoms with Gasteiger partial charge in [0, 0.05) is 23.5 Å². The van der Waals surface area contributed by atoms with Gasteiger partial charge in [0.2, 0.25) is 0 Å². The molecule has 0 amide bonds. The maximum absolute atomic E-state index is 4.72. The van der Waals surface area contributed by atoms with Crippen molar-refractivity contribution in [1.82, 2.24) is 10.3 Å². The number of benzene rings is 1. The van der Waals surface area contributed by atoms with Crippen LogP contribution in [0.4, 0.5) is 5.82 Å². The van der Waals surface area contributed by atoms with Crippen LogP contribution >= 0.6 is 0 Å². The fourth-order valence-electron chi connectivity index (χ4n) is 2.26. The van der Waals surface area contributed by atoms with Crippen LogP contribution in [-0.2, 0) is 6.54 Å². The second-order valence-electron chi connectivity index (χ2n) is 6.71. The van der Waals surface area contributed by atoms with Gasteiger partial charge in [-0.3, -0.25) is 0 Å². The predicted octanol–water partition coefficient (Wildman–Crippen LogP) is 3.70. The highest BCUT2D eigenvalue weighted by atomic mass is 15.0. The number of rotatable bonds is 4. The Bertz CT molecular complexity index is 609. The largest absolute Gasteiger partial charge is 0.367 e. The number of pyridine rings is 1. The van der Waals surface area contributed by atoms with Crippen LogP contribution in [0.15, 0.2) is 30.3 Å². The molecule has 1 aliphatic carbocycles. The van der Waals surface area contributed by atoms with E-state index in [4.69, 9.17) is 4.98 Å². The summed E-state index contributed by atoms with van der Waals surface area (Å²) in [5.74, 6) is 1.01. The molecule has 2 N–H and O–H groups in total. The van der Waals surface area contributed by atoms with Gasteiger partial charge in [-0.1, -0.05) is 18.2 Å². The molecule has 1 heterocycles. The molecular weight excluding hydrogens is 246 g/mol. The molecule has 2 aromatic rings. The van der Waals surface area contributed by atoms with Crippen molar-refractivity contribution in [2.75, 3.05) is 5.32 Å². The van der Waals surface area contributed by atoms with Crippen molar-refractivity contribution < 1.29 is 0 Å². The maximum Gasteiger partial charge on any atom is 0.127 e. The van der Waals surface area contributed by atoms with Gasteiger partial charge in [0.05, 0.1) is 5.52 Å². The van der Waals surface area contributed by atoms with E-state index < -0.39 is 0 Å². The molecule has 3 rings (SSSR count). The van der Waals surface area contributed by atoms with Gasteiger partial charge in [-0.15, -0.1) is 0 Å². The van der Waals surface area contributed by atoms with Crippen molar-refractivity contribution in [2.45, 2.75) is 51.7 Å². The first kappa shape index (κ1) is 13.4. The smallest absolute Gasteiger partial charge is 0.127 e. The fraction of sp³-hybridized carbons (Fsp3) is 0.471. The van der Waals surface area contributed by atoms with E-state index in [2.05, 4.69) is 61.7 Å². The van der Waals surface area contributed by atoms with E-state index in [9.17, 15) is 0 Å². The molecule has 1 aromatic carbocycles. The Hall–Kier alpha value is -1.61. The number of nitrogens with one attached hydrogen (secondary N) is 2. The van der Waals surface area contributed by atoms with Gasteiger partial charge in [0.1, 0.15) is 5.82 Å². The molecule has 1 aromatic heterocycles. The van der Waals surface area contributed by atoms with Gasteiger partial charge in [0.25, 0.3) is 0 Å². The number of anilines is 1. The van der Waals surface area contributed by atoms with Crippen LogP contribution in [-0.4, -0.2) is 16.6 Å². The minimum atomic E-state index is 0.120. The van der Waals surface area contributed by atoms with E-state index in [1.165, 1.54) is 23.8 Å². The molecule has 0 unspecified atom stereocenters. The van der Waals surface area contributed by atoms with Crippen molar-refractivity contribution in [3.05, 3.63) is 35.9 Å². The Morgan fingerprint density at radius 3 is 2.65 bits per heavy atom. The Balaban J connectivity index is 1.93. The van der Waals surface area contributed by atoms with Crippen molar-refractivity contribution in [3.63, 3.8) is 0 Å². The molecule has 0 aliphatic heterocycles. The summed E-state index contributed by atoms with van der Waals surface area (Å²) in [7, 11) is 0. The quantitative estimate of drug-likeness (QED) is 0.888. The van der Waals surface area contributed by atoms with Gasteiger partial charge in [-0.05, 0) is 51.3 Å². The van der Waals surface area contributed by atoms with E-state index in [1.54, 1.807) is 0 Å².